The van der Waals surface area contributed by atoms with Crippen LogP contribution >= 0.6 is 11.6 Å². The number of carbonyl (C=O) groups is 1. The number of methoxy groups -OCH3 is 1. The Morgan fingerprint density at radius 1 is 1.17 bits per heavy atom. The van der Waals surface area contributed by atoms with Crippen LogP contribution in [0.3, 0.4) is 0 Å². The number of hydrogen-bond donors (Lipinski definition) is 1. The third-order valence-corrected chi connectivity index (χ3v) is 4.72. The monoisotopic (exact) mass is 347 g/mol. The molecule has 0 bridgehead atoms. The number of rotatable bonds is 5. The van der Waals surface area contributed by atoms with Gasteiger partial charge in [-0.25, -0.2) is 4.39 Å². The van der Waals surface area contributed by atoms with Crippen LogP contribution in [0.25, 0.3) is 0 Å². The molecule has 1 aliphatic rings. The summed E-state index contributed by atoms with van der Waals surface area (Å²) in [5, 5.41) is 3.73. The molecule has 1 amide bonds. The van der Waals surface area contributed by atoms with Crippen molar-refractivity contribution in [3.8, 4) is 0 Å². The van der Waals surface area contributed by atoms with Gasteiger partial charge in [0.05, 0.1) is 0 Å². The Labute approximate surface area is 145 Å². The molecule has 0 spiro atoms. The molecule has 3 rings (SSSR count). The van der Waals surface area contributed by atoms with E-state index in [-0.39, 0.29) is 17.8 Å². The Kier molecular flexibility index (Phi) is 5.17. The van der Waals surface area contributed by atoms with Gasteiger partial charge in [0.1, 0.15) is 5.82 Å². The number of carbonyl (C=O) groups excluding carboxylic acids is 1. The highest BCUT2D eigenvalue weighted by Gasteiger charge is 2.33. The van der Waals surface area contributed by atoms with Crippen molar-refractivity contribution in [1.29, 1.82) is 0 Å². The number of halogens is 2. The lowest BCUT2D eigenvalue weighted by Crippen LogP contribution is -2.45. The molecule has 0 aliphatic heterocycles. The number of amides is 1. The topological polar surface area (TPSA) is 38.3 Å². The Morgan fingerprint density at radius 3 is 2.38 bits per heavy atom. The van der Waals surface area contributed by atoms with Crippen molar-refractivity contribution in [2.24, 2.45) is 0 Å². The molecule has 1 fully saturated rings. The molecule has 1 unspecified atom stereocenters. The second-order valence-corrected chi connectivity index (χ2v) is 6.53. The summed E-state index contributed by atoms with van der Waals surface area (Å²) in [6, 6.07) is 13.8. The van der Waals surface area contributed by atoms with E-state index in [1.54, 1.807) is 12.1 Å². The maximum atomic E-state index is 13.0. The van der Waals surface area contributed by atoms with Gasteiger partial charge in [-0.3, -0.25) is 4.79 Å². The van der Waals surface area contributed by atoms with Crippen molar-refractivity contribution < 1.29 is 13.9 Å². The first-order valence-corrected chi connectivity index (χ1v) is 8.28. The van der Waals surface area contributed by atoms with E-state index in [4.69, 9.17) is 16.3 Å². The highest BCUT2D eigenvalue weighted by molar-refractivity contribution is 6.30. The molecule has 24 heavy (non-hydrogen) atoms. The first kappa shape index (κ1) is 16.9. The van der Waals surface area contributed by atoms with Crippen molar-refractivity contribution in [2.45, 2.75) is 30.9 Å². The van der Waals surface area contributed by atoms with Crippen LogP contribution in [-0.4, -0.2) is 19.1 Å². The van der Waals surface area contributed by atoms with E-state index in [9.17, 15) is 9.18 Å². The molecule has 5 heteroatoms. The van der Waals surface area contributed by atoms with E-state index in [0.717, 1.165) is 17.9 Å². The molecule has 0 radical (unpaired) electrons. The average Bonchev–Trinajstić information content (AvgIpc) is 2.54. The summed E-state index contributed by atoms with van der Waals surface area (Å²) in [5.74, 6) is -0.0816. The second-order valence-electron chi connectivity index (χ2n) is 6.09. The second kappa shape index (κ2) is 7.32. The van der Waals surface area contributed by atoms with Crippen molar-refractivity contribution in [2.75, 3.05) is 7.11 Å². The van der Waals surface area contributed by atoms with Gasteiger partial charge in [-0.15, -0.1) is 0 Å². The number of hydrogen-bond acceptors (Lipinski definition) is 2. The highest BCUT2D eigenvalue weighted by Crippen LogP contribution is 2.37. The summed E-state index contributed by atoms with van der Waals surface area (Å²) in [6.07, 6.45) is 1.07. The third kappa shape index (κ3) is 3.77. The molecule has 1 N–H and O–H groups in total. The molecular weight excluding hydrogens is 329 g/mol. The Hall–Kier alpha value is -1.91. The predicted octanol–water partition coefficient (Wildman–Crippen LogP) is 4.23. The molecule has 1 saturated carbocycles. The van der Waals surface area contributed by atoms with Crippen LogP contribution < -0.4 is 5.32 Å². The van der Waals surface area contributed by atoms with E-state index in [1.165, 1.54) is 24.8 Å². The minimum Gasteiger partial charge on any atom is -0.367 e. The lowest BCUT2D eigenvalue weighted by Gasteiger charge is -2.37. The Bertz CT molecular complexity index is 696. The summed E-state index contributed by atoms with van der Waals surface area (Å²) in [6.45, 7) is 0. The van der Waals surface area contributed by atoms with E-state index in [2.05, 4.69) is 5.32 Å². The number of nitrogens with one attached hydrogen (secondary N) is 1. The van der Waals surface area contributed by atoms with E-state index in [0.29, 0.717) is 11.5 Å². The maximum absolute atomic E-state index is 13.0. The maximum Gasteiger partial charge on any atom is 0.253 e. The summed E-state index contributed by atoms with van der Waals surface area (Å²) in [5.41, 5.74) is 1.89. The zero-order valence-corrected chi connectivity index (χ0v) is 14.1. The summed E-state index contributed by atoms with van der Waals surface area (Å²) < 4.78 is 18.3. The summed E-state index contributed by atoms with van der Waals surface area (Å²) >= 11 is 5.90. The molecule has 0 heterocycles. The third-order valence-electron chi connectivity index (χ3n) is 4.47. The lowest BCUT2D eigenvalue weighted by atomic mass is 9.76. The fourth-order valence-electron chi connectivity index (χ4n) is 3.05. The van der Waals surface area contributed by atoms with Gasteiger partial charge < -0.3 is 10.1 Å². The van der Waals surface area contributed by atoms with Crippen LogP contribution in [-0.2, 0) is 9.53 Å². The van der Waals surface area contributed by atoms with Crippen molar-refractivity contribution in [3.63, 3.8) is 0 Å². The molecule has 2 aromatic rings. The minimum absolute atomic E-state index is 0.135. The highest BCUT2D eigenvalue weighted by atomic mass is 35.5. The van der Waals surface area contributed by atoms with Crippen LogP contribution in [0.1, 0.15) is 36.0 Å². The van der Waals surface area contributed by atoms with E-state index in [1.807, 2.05) is 24.3 Å². The SMILES string of the molecule is COC(C(=O)NC1CC(c2ccc(Cl)cc2)C1)c1ccc(F)cc1. The zero-order valence-electron chi connectivity index (χ0n) is 13.3. The largest absolute Gasteiger partial charge is 0.367 e. The minimum atomic E-state index is -0.722. The van der Waals surface area contributed by atoms with Crippen molar-refractivity contribution in [1.82, 2.24) is 5.32 Å². The molecule has 2 aromatic carbocycles. The van der Waals surface area contributed by atoms with Crippen molar-refractivity contribution >= 4 is 17.5 Å². The standard InChI is InChI=1S/C19H19ClFNO2/c1-24-18(13-4-8-16(21)9-5-13)19(23)22-17-10-14(11-17)12-2-6-15(20)7-3-12/h2-9,14,17-18H,10-11H2,1H3,(H,22,23). The van der Waals surface area contributed by atoms with Crippen LogP contribution in [0.5, 0.6) is 0 Å². The number of benzene rings is 2. The fraction of sp³-hybridized carbons (Fsp3) is 0.316. The average molecular weight is 348 g/mol. The number of ether oxygens (including phenoxy) is 1. The van der Waals surface area contributed by atoms with E-state index >= 15 is 0 Å². The molecule has 1 aliphatic carbocycles. The molecule has 0 aromatic heterocycles. The summed E-state index contributed by atoms with van der Waals surface area (Å²) in [7, 11) is 1.48. The van der Waals surface area contributed by atoms with Gasteiger partial charge in [0.25, 0.3) is 5.91 Å². The quantitative estimate of drug-likeness (QED) is 0.879. The van der Waals surface area contributed by atoms with Gasteiger partial charge in [0.2, 0.25) is 0 Å². The lowest BCUT2D eigenvalue weighted by molar-refractivity contribution is -0.132. The zero-order chi connectivity index (χ0) is 17.1. The smallest absolute Gasteiger partial charge is 0.253 e. The van der Waals surface area contributed by atoms with Gasteiger partial charge in [-0.1, -0.05) is 35.9 Å². The van der Waals surface area contributed by atoms with Crippen LogP contribution in [0.15, 0.2) is 48.5 Å². The van der Waals surface area contributed by atoms with Gasteiger partial charge in [0.15, 0.2) is 6.10 Å². The fourth-order valence-corrected chi connectivity index (χ4v) is 3.18. The first-order chi connectivity index (χ1) is 11.6. The predicted molar refractivity (Wildman–Crippen MR) is 91.5 cm³/mol. The van der Waals surface area contributed by atoms with Gasteiger partial charge in [-0.2, -0.15) is 0 Å². The molecule has 1 atom stereocenters. The van der Waals surface area contributed by atoms with Crippen LogP contribution in [0.4, 0.5) is 4.39 Å². The summed E-state index contributed by atoms with van der Waals surface area (Å²) in [4.78, 5) is 12.4. The molecule has 0 saturated heterocycles. The van der Waals surface area contributed by atoms with Gasteiger partial charge >= 0.3 is 0 Å². The van der Waals surface area contributed by atoms with E-state index < -0.39 is 6.10 Å². The Morgan fingerprint density at radius 2 is 1.79 bits per heavy atom. The molecular formula is C19H19ClFNO2. The van der Waals surface area contributed by atoms with Gasteiger partial charge in [0, 0.05) is 18.2 Å². The van der Waals surface area contributed by atoms with Crippen LogP contribution in [0, 0.1) is 5.82 Å². The normalized spacial score (nSPS) is 21.0. The van der Waals surface area contributed by atoms with Crippen LogP contribution in [0.2, 0.25) is 5.02 Å². The Balaban J connectivity index is 1.55. The molecule has 126 valence electrons. The van der Waals surface area contributed by atoms with Crippen molar-refractivity contribution in [3.05, 3.63) is 70.5 Å². The van der Waals surface area contributed by atoms with Gasteiger partial charge in [-0.05, 0) is 54.2 Å². The molecule has 3 nitrogen and oxygen atoms in total. The first-order valence-electron chi connectivity index (χ1n) is 7.91.